The highest BCUT2D eigenvalue weighted by atomic mass is 32.2. The molecule has 7 nitrogen and oxygen atoms in total. The van der Waals surface area contributed by atoms with E-state index in [1.165, 1.54) is 0 Å². The van der Waals surface area contributed by atoms with Crippen molar-refractivity contribution in [3.8, 4) is 16.4 Å². The smallest absolute Gasteiger partial charge is 0.254 e. The van der Waals surface area contributed by atoms with E-state index in [2.05, 4.69) is 33.0 Å². The van der Waals surface area contributed by atoms with Crippen LogP contribution in [-0.4, -0.2) is 67.8 Å². The molecule has 1 saturated heterocycles. The van der Waals surface area contributed by atoms with E-state index in [9.17, 15) is 9.59 Å². The fraction of sp³-hybridized carbons (Fsp3) is 0.310. The van der Waals surface area contributed by atoms with Crippen LogP contribution < -0.4 is 0 Å². The van der Waals surface area contributed by atoms with Crippen LogP contribution in [0.5, 0.6) is 0 Å². The van der Waals surface area contributed by atoms with Gasteiger partial charge in [-0.3, -0.25) is 14.2 Å². The van der Waals surface area contributed by atoms with Gasteiger partial charge in [-0.25, -0.2) is 0 Å². The second-order valence-electron chi connectivity index (χ2n) is 9.41. The van der Waals surface area contributed by atoms with E-state index in [1.54, 1.807) is 23.1 Å². The molecule has 0 N–H and O–H groups in total. The number of benzene rings is 2. The van der Waals surface area contributed by atoms with Gasteiger partial charge in [0.25, 0.3) is 5.91 Å². The van der Waals surface area contributed by atoms with Crippen LogP contribution in [0.2, 0.25) is 0 Å². The Labute approximate surface area is 231 Å². The van der Waals surface area contributed by atoms with Gasteiger partial charge in [0.15, 0.2) is 11.0 Å². The summed E-state index contributed by atoms with van der Waals surface area (Å²) in [4.78, 5) is 30.9. The second kappa shape index (κ2) is 12.0. The molecule has 0 spiro atoms. The Balaban J connectivity index is 1.15. The first-order valence-electron chi connectivity index (χ1n) is 12.8. The zero-order valence-electron chi connectivity index (χ0n) is 21.6. The maximum atomic E-state index is 13.1. The van der Waals surface area contributed by atoms with Crippen LogP contribution in [0, 0.1) is 6.92 Å². The maximum absolute atomic E-state index is 13.1. The van der Waals surface area contributed by atoms with E-state index >= 15 is 0 Å². The number of thioether (sulfide) groups is 1. The zero-order valence-corrected chi connectivity index (χ0v) is 23.3. The van der Waals surface area contributed by atoms with Gasteiger partial charge in [-0.15, -0.1) is 21.5 Å². The second-order valence-corrected chi connectivity index (χ2v) is 11.4. The van der Waals surface area contributed by atoms with E-state index in [1.807, 2.05) is 77.6 Å². The summed E-state index contributed by atoms with van der Waals surface area (Å²) >= 11 is 3.26. The summed E-state index contributed by atoms with van der Waals surface area (Å²) in [5.41, 5.74) is 2.74. The molecule has 1 fully saturated rings. The number of piperazine rings is 1. The van der Waals surface area contributed by atoms with Crippen molar-refractivity contribution in [2.24, 2.45) is 0 Å². The van der Waals surface area contributed by atoms with Gasteiger partial charge >= 0.3 is 0 Å². The molecular formula is C29H31N5O2S2. The Bertz CT molecular complexity index is 1390. The minimum atomic E-state index is -0.0192. The fourth-order valence-corrected chi connectivity index (χ4v) is 6.33. The molecule has 0 radical (unpaired) electrons. The van der Waals surface area contributed by atoms with Gasteiger partial charge in [0.1, 0.15) is 0 Å². The number of carbonyl (C=O) groups excluding carboxylic acids is 2. The van der Waals surface area contributed by atoms with Gasteiger partial charge < -0.3 is 9.80 Å². The number of hydrogen-bond donors (Lipinski definition) is 0. The molecule has 196 valence electrons. The number of aromatic nitrogens is 3. The fourth-order valence-electron chi connectivity index (χ4n) is 4.74. The van der Waals surface area contributed by atoms with Crippen LogP contribution in [0.3, 0.4) is 0 Å². The molecule has 0 aliphatic carbocycles. The highest BCUT2D eigenvalue weighted by molar-refractivity contribution is 7.99. The molecule has 3 heterocycles. The first-order chi connectivity index (χ1) is 18.5. The van der Waals surface area contributed by atoms with E-state index in [0.717, 1.165) is 44.8 Å². The summed E-state index contributed by atoms with van der Waals surface area (Å²) in [6.07, 6.45) is 1.22. The number of amides is 2. The predicted molar refractivity (Wildman–Crippen MR) is 153 cm³/mol. The molecule has 1 unspecified atom stereocenters. The topological polar surface area (TPSA) is 71.3 Å². The monoisotopic (exact) mass is 545 g/mol. The maximum Gasteiger partial charge on any atom is 0.254 e. The quantitative estimate of drug-likeness (QED) is 0.214. The van der Waals surface area contributed by atoms with Crippen molar-refractivity contribution in [3.63, 3.8) is 0 Å². The Morgan fingerprint density at radius 3 is 2.53 bits per heavy atom. The summed E-state index contributed by atoms with van der Waals surface area (Å²) in [6.45, 7) is 5.67. The number of aryl methyl sites for hydroxylation is 1. The van der Waals surface area contributed by atoms with Crippen LogP contribution in [-0.2, 0) is 4.79 Å². The van der Waals surface area contributed by atoms with E-state index < -0.39 is 0 Å². The summed E-state index contributed by atoms with van der Waals surface area (Å²) in [5, 5.41) is 11.8. The Morgan fingerprint density at radius 1 is 1.00 bits per heavy atom. The molecule has 2 aromatic carbocycles. The summed E-state index contributed by atoms with van der Waals surface area (Å²) < 4.78 is 2.09. The average Bonchev–Trinajstić information content (AvgIpc) is 3.61. The zero-order chi connectivity index (χ0) is 26.5. The van der Waals surface area contributed by atoms with Crippen molar-refractivity contribution in [2.75, 3.05) is 25.4 Å². The van der Waals surface area contributed by atoms with E-state index in [4.69, 9.17) is 0 Å². The number of carbonyl (C=O) groups is 2. The van der Waals surface area contributed by atoms with Gasteiger partial charge in [-0.05, 0) is 55.5 Å². The van der Waals surface area contributed by atoms with Crippen LogP contribution in [0.1, 0.15) is 35.7 Å². The molecular weight excluding hydrogens is 514 g/mol. The molecule has 0 bridgehead atoms. The highest BCUT2D eigenvalue weighted by Crippen LogP contribution is 2.30. The van der Waals surface area contributed by atoms with Crippen molar-refractivity contribution >= 4 is 34.9 Å². The molecule has 2 amide bonds. The summed E-state index contributed by atoms with van der Waals surface area (Å²) in [6, 6.07) is 21.8. The van der Waals surface area contributed by atoms with Gasteiger partial charge in [-0.1, -0.05) is 54.2 Å². The largest absolute Gasteiger partial charge is 0.339 e. The Kier molecular flexibility index (Phi) is 8.24. The first-order valence-corrected chi connectivity index (χ1v) is 14.7. The van der Waals surface area contributed by atoms with Crippen LogP contribution in [0.15, 0.2) is 77.3 Å². The van der Waals surface area contributed by atoms with E-state index in [0.29, 0.717) is 26.1 Å². The molecule has 5 rings (SSSR count). The van der Waals surface area contributed by atoms with Crippen molar-refractivity contribution in [1.82, 2.24) is 24.6 Å². The lowest BCUT2D eigenvalue weighted by molar-refractivity contribution is -0.133. The highest BCUT2D eigenvalue weighted by Gasteiger charge is 2.30. The van der Waals surface area contributed by atoms with Crippen LogP contribution in [0.4, 0.5) is 0 Å². The lowest BCUT2D eigenvalue weighted by Gasteiger charge is -2.40. The van der Waals surface area contributed by atoms with Gasteiger partial charge in [0.05, 0.1) is 4.88 Å². The first kappa shape index (κ1) is 26.2. The van der Waals surface area contributed by atoms with E-state index in [-0.39, 0.29) is 17.9 Å². The summed E-state index contributed by atoms with van der Waals surface area (Å²) in [7, 11) is 0. The molecule has 38 heavy (non-hydrogen) atoms. The lowest BCUT2D eigenvalue weighted by atomic mass is 10.1. The third-order valence-electron chi connectivity index (χ3n) is 6.77. The number of nitrogens with zero attached hydrogens (tertiary/aromatic N) is 5. The predicted octanol–water partition coefficient (Wildman–Crippen LogP) is 5.55. The van der Waals surface area contributed by atoms with Crippen LogP contribution in [0.25, 0.3) is 16.4 Å². The number of thiophene rings is 1. The Morgan fingerprint density at radius 2 is 1.79 bits per heavy atom. The van der Waals surface area contributed by atoms with Crippen molar-refractivity contribution in [2.45, 2.75) is 37.9 Å². The molecule has 1 aliphatic heterocycles. The third kappa shape index (κ3) is 5.68. The normalized spacial score (nSPS) is 15.6. The number of rotatable bonds is 8. The van der Waals surface area contributed by atoms with Gasteiger partial charge in [0, 0.05) is 49.1 Å². The molecule has 0 saturated carbocycles. The number of hydrogen-bond acceptors (Lipinski definition) is 6. The third-order valence-corrected chi connectivity index (χ3v) is 8.65. The van der Waals surface area contributed by atoms with Gasteiger partial charge in [-0.2, -0.15) is 0 Å². The standard InChI is InChI=1S/C29H31N5O2S2/c1-21-10-6-7-13-24(21)28(36)33-17-16-32(20-22(33)2)26(35)15-9-19-38-29-31-30-27(25-14-8-18-37-25)34(29)23-11-4-3-5-12-23/h3-8,10-14,18,22H,9,15-17,19-20H2,1-2H3. The van der Waals surface area contributed by atoms with Crippen molar-refractivity contribution < 1.29 is 9.59 Å². The number of para-hydroxylation sites is 1. The molecule has 4 aromatic rings. The molecule has 2 aromatic heterocycles. The lowest BCUT2D eigenvalue weighted by Crippen LogP contribution is -2.55. The summed E-state index contributed by atoms with van der Waals surface area (Å²) in [5.74, 6) is 1.78. The van der Waals surface area contributed by atoms with Crippen molar-refractivity contribution in [1.29, 1.82) is 0 Å². The van der Waals surface area contributed by atoms with Crippen molar-refractivity contribution in [3.05, 3.63) is 83.2 Å². The molecule has 1 atom stereocenters. The molecule has 9 heteroatoms. The minimum Gasteiger partial charge on any atom is -0.339 e. The Hall–Kier alpha value is -3.43. The molecule has 1 aliphatic rings. The van der Waals surface area contributed by atoms with Gasteiger partial charge in [0.2, 0.25) is 5.91 Å². The minimum absolute atomic E-state index is 0.0192. The van der Waals surface area contributed by atoms with Crippen LogP contribution >= 0.6 is 23.1 Å². The SMILES string of the molecule is Cc1ccccc1C(=O)N1CCN(C(=O)CCCSc2nnc(-c3cccs3)n2-c2ccccc2)CC1C. The average molecular weight is 546 g/mol.